The molecular weight excluding hydrogens is 475 g/mol. The topological polar surface area (TPSA) is 98.7 Å². The van der Waals surface area contributed by atoms with E-state index in [-0.39, 0.29) is 17.0 Å². The Bertz CT molecular complexity index is 1290. The van der Waals surface area contributed by atoms with Gasteiger partial charge in [-0.25, -0.2) is 8.78 Å². The van der Waals surface area contributed by atoms with E-state index < -0.39 is 57.9 Å². The van der Waals surface area contributed by atoms with Gasteiger partial charge in [0.25, 0.3) is 5.91 Å². The number of rotatable bonds is 6. The fourth-order valence-corrected chi connectivity index (χ4v) is 3.48. The lowest BCUT2D eigenvalue weighted by Crippen LogP contribution is -2.23. The van der Waals surface area contributed by atoms with Crippen molar-refractivity contribution in [2.45, 2.75) is 19.0 Å². The van der Waals surface area contributed by atoms with E-state index in [4.69, 9.17) is 0 Å². The van der Waals surface area contributed by atoms with Gasteiger partial charge in [-0.05, 0) is 54.4 Å². The second-order valence-corrected chi connectivity index (χ2v) is 7.61. The van der Waals surface area contributed by atoms with Crippen LogP contribution >= 0.6 is 0 Å². The van der Waals surface area contributed by atoms with Gasteiger partial charge in [0, 0.05) is 18.2 Å². The first-order valence-electron chi connectivity index (χ1n) is 10.0. The van der Waals surface area contributed by atoms with Crippen LogP contribution in [0.15, 0.2) is 48.5 Å². The Labute approximate surface area is 196 Å². The Kier molecular flexibility index (Phi) is 6.99. The minimum atomic E-state index is -5.04. The number of hydrogen-bond acceptors (Lipinski definition) is 5. The SMILES string of the molecule is CNc1cc(C(c2cc(F)c(O)c(NC(=O)c3ccc(C(C)=O)cc3)c2)C(F)(F)F)cc(F)c1O. The zero-order valence-corrected chi connectivity index (χ0v) is 18.3. The number of benzene rings is 3. The van der Waals surface area contributed by atoms with Crippen LogP contribution in [0.4, 0.5) is 33.3 Å². The number of ketones is 1. The van der Waals surface area contributed by atoms with Gasteiger partial charge in [-0.2, -0.15) is 13.2 Å². The largest absolute Gasteiger partial charge is 0.503 e. The Morgan fingerprint density at radius 1 is 0.829 bits per heavy atom. The third-order valence-electron chi connectivity index (χ3n) is 5.24. The number of phenolic OH excluding ortho intramolecular Hbond substituents is 2. The standard InChI is InChI=1S/C24H19F5N2O4/c1-11(32)12-3-5-13(6-4-12)23(35)31-19-10-15(8-17(26)22(19)34)20(24(27,28)29)14-7-16(25)21(33)18(9-14)30-2/h3-10,20,30,33-34H,1-2H3,(H,31,35). The lowest BCUT2D eigenvalue weighted by molar-refractivity contribution is -0.141. The van der Waals surface area contributed by atoms with Crippen LogP contribution in [0.1, 0.15) is 44.7 Å². The zero-order chi connectivity index (χ0) is 26.1. The second-order valence-electron chi connectivity index (χ2n) is 7.61. The molecule has 0 radical (unpaired) electrons. The number of halogens is 5. The molecule has 184 valence electrons. The number of amides is 1. The number of alkyl halides is 3. The van der Waals surface area contributed by atoms with Crippen molar-refractivity contribution in [3.05, 3.63) is 82.4 Å². The molecule has 6 nitrogen and oxygen atoms in total. The Hall–Kier alpha value is -4.15. The molecule has 4 N–H and O–H groups in total. The van der Waals surface area contributed by atoms with Gasteiger partial charge in [0.05, 0.1) is 11.4 Å². The quantitative estimate of drug-likeness (QED) is 0.204. The predicted molar refractivity (Wildman–Crippen MR) is 118 cm³/mol. The highest BCUT2D eigenvalue weighted by Gasteiger charge is 2.43. The van der Waals surface area contributed by atoms with E-state index in [1.54, 1.807) is 0 Å². The van der Waals surface area contributed by atoms with Crippen LogP contribution in [0.3, 0.4) is 0 Å². The smallest absolute Gasteiger partial charge is 0.399 e. The van der Waals surface area contributed by atoms with Gasteiger partial charge in [-0.3, -0.25) is 9.59 Å². The molecule has 0 fully saturated rings. The normalized spacial score (nSPS) is 12.2. The molecule has 0 saturated heterocycles. The highest BCUT2D eigenvalue weighted by atomic mass is 19.4. The lowest BCUT2D eigenvalue weighted by atomic mass is 9.89. The third-order valence-corrected chi connectivity index (χ3v) is 5.24. The molecule has 1 unspecified atom stereocenters. The summed E-state index contributed by atoms with van der Waals surface area (Å²) in [5.74, 6) is -8.48. The van der Waals surface area contributed by atoms with Crippen LogP contribution in [-0.2, 0) is 0 Å². The minimum Gasteiger partial charge on any atom is -0.503 e. The van der Waals surface area contributed by atoms with Crippen molar-refractivity contribution in [3.63, 3.8) is 0 Å². The average molecular weight is 494 g/mol. The maximum Gasteiger partial charge on any atom is 0.399 e. The van der Waals surface area contributed by atoms with Crippen molar-refractivity contribution in [3.8, 4) is 11.5 Å². The number of aromatic hydroxyl groups is 2. The Morgan fingerprint density at radius 2 is 1.29 bits per heavy atom. The molecule has 0 saturated carbocycles. The van der Waals surface area contributed by atoms with Gasteiger partial charge < -0.3 is 20.8 Å². The average Bonchev–Trinajstić information content (AvgIpc) is 2.78. The van der Waals surface area contributed by atoms with Crippen molar-refractivity contribution in [2.75, 3.05) is 17.7 Å². The first-order valence-corrected chi connectivity index (χ1v) is 10.0. The summed E-state index contributed by atoms with van der Waals surface area (Å²) in [5.41, 5.74) is -2.06. The number of carbonyl (C=O) groups excluding carboxylic acids is 2. The molecule has 1 atom stereocenters. The van der Waals surface area contributed by atoms with Gasteiger partial charge in [-0.1, -0.05) is 12.1 Å². The number of carbonyl (C=O) groups is 2. The van der Waals surface area contributed by atoms with Crippen molar-refractivity contribution in [1.82, 2.24) is 0 Å². The van der Waals surface area contributed by atoms with E-state index in [2.05, 4.69) is 10.6 Å². The highest BCUT2D eigenvalue weighted by Crippen LogP contribution is 2.45. The molecule has 3 aromatic carbocycles. The summed E-state index contributed by atoms with van der Waals surface area (Å²) < 4.78 is 70.7. The van der Waals surface area contributed by atoms with E-state index in [0.29, 0.717) is 17.7 Å². The fourth-order valence-electron chi connectivity index (χ4n) is 3.48. The summed E-state index contributed by atoms with van der Waals surface area (Å²) in [7, 11) is 1.26. The van der Waals surface area contributed by atoms with Gasteiger partial charge in [0.1, 0.15) is 5.92 Å². The summed E-state index contributed by atoms with van der Waals surface area (Å²) in [6.07, 6.45) is -5.04. The molecule has 0 spiro atoms. The fraction of sp³-hybridized carbons (Fsp3) is 0.167. The molecule has 0 aliphatic carbocycles. The highest BCUT2D eigenvalue weighted by molar-refractivity contribution is 6.05. The van der Waals surface area contributed by atoms with Gasteiger partial charge in [0.2, 0.25) is 0 Å². The van der Waals surface area contributed by atoms with Crippen molar-refractivity contribution >= 4 is 23.1 Å². The number of nitrogens with one attached hydrogen (secondary N) is 2. The van der Waals surface area contributed by atoms with Gasteiger partial charge in [0.15, 0.2) is 28.9 Å². The van der Waals surface area contributed by atoms with Crippen LogP contribution in [0.2, 0.25) is 0 Å². The van der Waals surface area contributed by atoms with Crippen LogP contribution in [0, 0.1) is 11.6 Å². The van der Waals surface area contributed by atoms with Crippen LogP contribution in [0.5, 0.6) is 11.5 Å². The number of phenols is 2. The van der Waals surface area contributed by atoms with Gasteiger partial charge >= 0.3 is 6.18 Å². The monoisotopic (exact) mass is 494 g/mol. The molecule has 35 heavy (non-hydrogen) atoms. The molecule has 0 aliphatic rings. The maximum atomic E-state index is 14.5. The summed E-state index contributed by atoms with van der Waals surface area (Å²) in [6.45, 7) is 1.32. The Morgan fingerprint density at radius 3 is 1.74 bits per heavy atom. The van der Waals surface area contributed by atoms with Crippen LogP contribution in [-0.4, -0.2) is 35.1 Å². The van der Waals surface area contributed by atoms with E-state index in [0.717, 1.165) is 12.1 Å². The first-order chi connectivity index (χ1) is 16.3. The van der Waals surface area contributed by atoms with Crippen molar-refractivity contribution in [1.29, 1.82) is 0 Å². The summed E-state index contributed by atoms with van der Waals surface area (Å²) >= 11 is 0. The molecule has 3 aromatic rings. The predicted octanol–water partition coefficient (Wildman–Crippen LogP) is 5.57. The summed E-state index contributed by atoms with van der Waals surface area (Å²) in [4.78, 5) is 23.9. The van der Waals surface area contributed by atoms with E-state index in [1.807, 2.05) is 0 Å². The zero-order valence-electron chi connectivity index (χ0n) is 18.3. The van der Waals surface area contributed by atoms with E-state index in [9.17, 15) is 41.8 Å². The molecule has 0 aromatic heterocycles. The molecule has 3 rings (SSSR count). The summed E-state index contributed by atoms with van der Waals surface area (Å²) in [6, 6.07) is 7.74. The molecule has 0 bridgehead atoms. The van der Waals surface area contributed by atoms with Crippen molar-refractivity contribution < 1.29 is 41.8 Å². The lowest BCUT2D eigenvalue weighted by Gasteiger charge is -2.23. The van der Waals surface area contributed by atoms with E-state index >= 15 is 0 Å². The maximum absolute atomic E-state index is 14.5. The number of anilines is 2. The second kappa shape index (κ2) is 9.61. The molecular formula is C24H19F5N2O4. The van der Waals surface area contributed by atoms with Crippen molar-refractivity contribution in [2.24, 2.45) is 0 Å². The Balaban J connectivity index is 2.06. The molecule has 11 heteroatoms. The number of hydrogen-bond donors (Lipinski definition) is 4. The minimum absolute atomic E-state index is 0.00755. The summed E-state index contributed by atoms with van der Waals surface area (Å²) in [5, 5.41) is 24.2. The van der Waals surface area contributed by atoms with Crippen LogP contribution < -0.4 is 10.6 Å². The molecule has 0 aliphatic heterocycles. The first kappa shape index (κ1) is 25.5. The third kappa shape index (κ3) is 5.34. The number of Topliss-reactive ketones (excluding diaryl/α,β-unsaturated/α-hetero) is 1. The molecule has 0 heterocycles. The molecule has 1 amide bonds. The van der Waals surface area contributed by atoms with E-state index in [1.165, 1.54) is 38.2 Å². The van der Waals surface area contributed by atoms with Gasteiger partial charge in [-0.15, -0.1) is 0 Å². The van der Waals surface area contributed by atoms with Crippen LogP contribution in [0.25, 0.3) is 0 Å².